The van der Waals surface area contributed by atoms with Gasteiger partial charge in [-0.05, 0) is 36.4 Å². The first-order chi connectivity index (χ1) is 15.5. The third-order valence-electron chi connectivity index (χ3n) is 5.39. The summed E-state index contributed by atoms with van der Waals surface area (Å²) in [5.41, 5.74) is 1.66. The maximum Gasteiger partial charge on any atom is 0.231 e. The number of quaternary nitrogens is 1. The van der Waals surface area contributed by atoms with Gasteiger partial charge in [0, 0.05) is 19.8 Å². The van der Waals surface area contributed by atoms with Crippen molar-refractivity contribution >= 4 is 11.9 Å². The van der Waals surface area contributed by atoms with E-state index in [-0.39, 0.29) is 17.3 Å². The fourth-order valence-corrected chi connectivity index (χ4v) is 3.61. The number of methoxy groups -OCH3 is 4. The summed E-state index contributed by atoms with van der Waals surface area (Å²) >= 11 is 0. The number of aromatic hydroxyl groups is 1. The largest absolute Gasteiger partial charge is 0.507 e. The molecular weight excluding hydrogens is 414 g/mol. The molecule has 1 heterocycles. The molecule has 172 valence electrons. The molecule has 0 saturated heterocycles. The van der Waals surface area contributed by atoms with Gasteiger partial charge in [0.2, 0.25) is 5.78 Å². The van der Waals surface area contributed by atoms with E-state index < -0.39 is 0 Å². The van der Waals surface area contributed by atoms with Crippen molar-refractivity contribution < 1.29 is 38.5 Å². The van der Waals surface area contributed by atoms with Crippen LogP contribution in [0.2, 0.25) is 0 Å². The van der Waals surface area contributed by atoms with E-state index in [0.29, 0.717) is 53.7 Å². The molecule has 1 aliphatic heterocycles. The normalized spacial score (nSPS) is 14.0. The zero-order valence-electron chi connectivity index (χ0n) is 18.9. The molecule has 2 aromatic rings. The van der Waals surface area contributed by atoms with Crippen LogP contribution >= 0.6 is 0 Å². The molecule has 2 aromatic carbocycles. The second-order valence-corrected chi connectivity index (χ2v) is 7.40. The van der Waals surface area contributed by atoms with Crippen molar-refractivity contribution in [3.63, 3.8) is 0 Å². The van der Waals surface area contributed by atoms with Gasteiger partial charge in [0.1, 0.15) is 36.9 Å². The lowest BCUT2D eigenvalue weighted by atomic mass is 10.0. The number of nitrogens with one attached hydrogen (secondary N) is 1. The van der Waals surface area contributed by atoms with Crippen molar-refractivity contribution in [2.24, 2.45) is 0 Å². The summed E-state index contributed by atoms with van der Waals surface area (Å²) in [6.07, 6.45) is 1.63. The van der Waals surface area contributed by atoms with Crippen molar-refractivity contribution in [1.82, 2.24) is 0 Å². The van der Waals surface area contributed by atoms with Crippen LogP contribution in [0.15, 0.2) is 36.1 Å². The number of carbonyl (C=O) groups is 1. The molecule has 0 atom stereocenters. The summed E-state index contributed by atoms with van der Waals surface area (Å²) in [4.78, 5) is 14.2. The minimum absolute atomic E-state index is 0.0871. The number of hydrogen-bond donors (Lipinski definition) is 2. The number of hydrogen-bond acceptors (Lipinski definition) is 7. The second kappa shape index (κ2) is 11.0. The highest BCUT2D eigenvalue weighted by Crippen LogP contribution is 2.39. The minimum atomic E-state index is -0.249. The highest BCUT2D eigenvalue weighted by Gasteiger charge is 2.32. The van der Waals surface area contributed by atoms with Gasteiger partial charge in [-0.2, -0.15) is 0 Å². The fourth-order valence-electron chi connectivity index (χ4n) is 3.61. The van der Waals surface area contributed by atoms with Gasteiger partial charge in [-0.25, -0.2) is 0 Å². The number of ether oxygens (including phenoxy) is 5. The molecule has 0 spiro atoms. The summed E-state index contributed by atoms with van der Waals surface area (Å²) in [5, 5.41) is 10.6. The molecular formula is C24H30NO7+. The maximum absolute atomic E-state index is 13.1. The standard InChI is InChI=1S/C24H29NO7/c1-28-11-9-25(10-12-29-2)15-19-20(26)7-6-18-23(27)22(32-24(18)19)14-16-13-17(30-3)5-8-21(16)31-4/h5-8,13-14,26H,9-12,15H2,1-4H3/p+1/b22-14-. The number of ketones is 1. The summed E-state index contributed by atoms with van der Waals surface area (Å²) in [7, 11) is 6.43. The molecule has 0 amide bonds. The molecule has 0 bridgehead atoms. The van der Waals surface area contributed by atoms with Crippen LogP contribution in [0.1, 0.15) is 21.5 Å². The van der Waals surface area contributed by atoms with Gasteiger partial charge in [-0.3, -0.25) is 4.79 Å². The van der Waals surface area contributed by atoms with Crippen LogP contribution < -0.4 is 19.1 Å². The molecule has 32 heavy (non-hydrogen) atoms. The van der Waals surface area contributed by atoms with E-state index in [1.807, 2.05) is 0 Å². The van der Waals surface area contributed by atoms with Crippen molar-refractivity contribution in [3.05, 3.63) is 52.8 Å². The summed E-state index contributed by atoms with van der Waals surface area (Å²) in [6, 6.07) is 8.44. The highest BCUT2D eigenvalue weighted by atomic mass is 16.5. The van der Waals surface area contributed by atoms with Crippen LogP contribution in [0.25, 0.3) is 6.08 Å². The van der Waals surface area contributed by atoms with Crippen molar-refractivity contribution in [2.45, 2.75) is 6.54 Å². The van der Waals surface area contributed by atoms with E-state index in [9.17, 15) is 9.90 Å². The first-order valence-corrected chi connectivity index (χ1v) is 10.3. The van der Waals surface area contributed by atoms with E-state index in [0.717, 1.165) is 18.0 Å². The Morgan fingerprint density at radius 3 is 2.34 bits per heavy atom. The molecule has 2 N–H and O–H groups in total. The highest BCUT2D eigenvalue weighted by molar-refractivity contribution is 6.15. The Kier molecular flexibility index (Phi) is 8.10. The Labute approximate surface area is 187 Å². The van der Waals surface area contributed by atoms with Crippen LogP contribution in [-0.4, -0.2) is 65.6 Å². The van der Waals surface area contributed by atoms with Crippen LogP contribution in [0.5, 0.6) is 23.0 Å². The molecule has 0 radical (unpaired) electrons. The van der Waals surface area contributed by atoms with Crippen molar-refractivity contribution in [2.75, 3.05) is 54.7 Å². The molecule has 3 rings (SSSR count). The van der Waals surface area contributed by atoms with Gasteiger partial charge in [-0.1, -0.05) is 0 Å². The van der Waals surface area contributed by atoms with Gasteiger partial charge in [-0.15, -0.1) is 0 Å². The summed E-state index contributed by atoms with van der Waals surface area (Å²) in [5.74, 6) is 1.60. The fraction of sp³-hybridized carbons (Fsp3) is 0.375. The second-order valence-electron chi connectivity index (χ2n) is 7.40. The molecule has 8 nitrogen and oxygen atoms in total. The van der Waals surface area contributed by atoms with E-state index in [2.05, 4.69) is 0 Å². The first-order valence-electron chi connectivity index (χ1n) is 10.3. The van der Waals surface area contributed by atoms with Gasteiger partial charge < -0.3 is 33.7 Å². The lowest BCUT2D eigenvalue weighted by Gasteiger charge is -2.20. The third kappa shape index (κ3) is 5.21. The topological polar surface area (TPSA) is 87.9 Å². The number of phenolic OH excluding ortho intramolecular Hbond substituents is 1. The smallest absolute Gasteiger partial charge is 0.231 e. The number of carbonyl (C=O) groups excluding carboxylic acids is 1. The van der Waals surface area contributed by atoms with E-state index in [1.54, 1.807) is 58.8 Å². The lowest BCUT2D eigenvalue weighted by molar-refractivity contribution is -0.914. The van der Waals surface area contributed by atoms with Crippen LogP contribution in [0.3, 0.4) is 0 Å². The van der Waals surface area contributed by atoms with Crippen molar-refractivity contribution in [1.29, 1.82) is 0 Å². The Morgan fingerprint density at radius 1 is 1.00 bits per heavy atom. The van der Waals surface area contributed by atoms with Crippen LogP contribution in [0.4, 0.5) is 0 Å². The number of Topliss-reactive ketones (excluding diaryl/α,β-unsaturated/α-hetero) is 1. The Bertz CT molecular complexity index is 979. The average molecular weight is 445 g/mol. The summed E-state index contributed by atoms with van der Waals surface area (Å²) in [6.45, 7) is 3.04. The van der Waals surface area contributed by atoms with Crippen LogP contribution in [0, 0.1) is 0 Å². The number of rotatable bonds is 11. The zero-order valence-corrected chi connectivity index (χ0v) is 18.9. The maximum atomic E-state index is 13.1. The predicted molar refractivity (Wildman–Crippen MR) is 119 cm³/mol. The molecule has 0 aliphatic carbocycles. The van der Waals surface area contributed by atoms with E-state index in [1.165, 1.54) is 6.07 Å². The van der Waals surface area contributed by atoms with Gasteiger partial charge in [0.25, 0.3) is 0 Å². The first kappa shape index (κ1) is 23.6. The van der Waals surface area contributed by atoms with Gasteiger partial charge >= 0.3 is 0 Å². The zero-order chi connectivity index (χ0) is 23.1. The quantitative estimate of drug-likeness (QED) is 0.510. The molecule has 1 aliphatic rings. The minimum Gasteiger partial charge on any atom is -0.507 e. The van der Waals surface area contributed by atoms with E-state index >= 15 is 0 Å². The lowest BCUT2D eigenvalue weighted by Crippen LogP contribution is -3.11. The molecule has 0 unspecified atom stereocenters. The third-order valence-corrected chi connectivity index (χ3v) is 5.39. The number of allylic oxidation sites excluding steroid dienone is 1. The number of benzene rings is 2. The predicted octanol–water partition coefficient (Wildman–Crippen LogP) is 1.70. The Morgan fingerprint density at radius 2 is 1.72 bits per heavy atom. The molecule has 0 aromatic heterocycles. The SMILES string of the molecule is COCC[NH+](CCOC)Cc1c(O)ccc2c1O/C(=C\c1cc(OC)ccc1OC)C2=O. The number of fused-ring (bicyclic) bond motifs is 1. The Hall–Kier alpha value is -3.07. The van der Waals surface area contributed by atoms with Gasteiger partial charge in [0.15, 0.2) is 11.5 Å². The van der Waals surface area contributed by atoms with Crippen LogP contribution in [-0.2, 0) is 16.0 Å². The van der Waals surface area contributed by atoms with Gasteiger partial charge in [0.05, 0.1) is 38.6 Å². The van der Waals surface area contributed by atoms with E-state index in [4.69, 9.17) is 23.7 Å². The molecule has 8 heteroatoms. The summed E-state index contributed by atoms with van der Waals surface area (Å²) < 4.78 is 27.1. The number of phenols is 1. The Balaban J connectivity index is 1.94. The molecule has 0 saturated carbocycles. The monoisotopic (exact) mass is 444 g/mol. The van der Waals surface area contributed by atoms with Crippen molar-refractivity contribution in [3.8, 4) is 23.0 Å². The average Bonchev–Trinajstić information content (AvgIpc) is 3.12. The molecule has 0 fully saturated rings.